The van der Waals surface area contributed by atoms with Gasteiger partial charge >= 0.3 is 0 Å². The first-order chi connectivity index (χ1) is 25.5. The molecule has 0 fully saturated rings. The van der Waals surface area contributed by atoms with Crippen LogP contribution in [0, 0.1) is 0 Å². The van der Waals surface area contributed by atoms with Crippen molar-refractivity contribution in [3.05, 3.63) is 187 Å². The van der Waals surface area contributed by atoms with Crippen LogP contribution < -0.4 is 0 Å². The molecule has 7 aromatic carbocycles. The van der Waals surface area contributed by atoms with Crippen LogP contribution in [0.15, 0.2) is 176 Å². The summed E-state index contributed by atoms with van der Waals surface area (Å²) in [7, 11) is 0. The number of rotatable bonds is 5. The van der Waals surface area contributed by atoms with Crippen LogP contribution in [0.1, 0.15) is 32.4 Å². The molecular weight excluding hydrogens is 643 g/mol. The van der Waals surface area contributed by atoms with E-state index in [-0.39, 0.29) is 12.8 Å². The number of aromatic nitrogens is 3. The Hall–Kier alpha value is -6.58. The summed E-state index contributed by atoms with van der Waals surface area (Å²) in [6, 6.07) is 62.9. The van der Waals surface area contributed by atoms with Crippen molar-refractivity contribution in [2.24, 2.45) is 0 Å². The molecule has 0 amide bonds. The highest BCUT2D eigenvalue weighted by molar-refractivity contribution is 6.11. The molecule has 0 saturated heterocycles. The average molecular weight is 682 g/mol. The number of para-hydroxylation sites is 1. The third-order valence-corrected chi connectivity index (χ3v) is 10.8. The molecule has 10 rings (SSSR count). The van der Waals surface area contributed by atoms with E-state index in [2.05, 4.69) is 194 Å². The number of hydrogen-bond donors (Lipinski definition) is 0. The van der Waals surface area contributed by atoms with Crippen molar-refractivity contribution in [2.45, 2.75) is 26.7 Å². The van der Waals surface area contributed by atoms with Crippen molar-refractivity contribution in [2.75, 3.05) is 0 Å². The van der Waals surface area contributed by atoms with Gasteiger partial charge in [0, 0.05) is 27.3 Å². The van der Waals surface area contributed by atoms with Crippen molar-refractivity contribution in [3.8, 4) is 61.8 Å². The minimum atomic E-state index is -0.134. The molecule has 0 spiro atoms. The van der Waals surface area contributed by atoms with Crippen LogP contribution in [0.5, 0.6) is 0 Å². The van der Waals surface area contributed by atoms with Crippen LogP contribution >= 0.6 is 0 Å². The second-order valence-corrected chi connectivity index (χ2v) is 14.3. The maximum absolute atomic E-state index is 5.41. The van der Waals surface area contributed by atoms with E-state index in [4.69, 9.17) is 9.97 Å². The Morgan fingerprint density at radius 1 is 0.396 bits per heavy atom. The van der Waals surface area contributed by atoms with Crippen molar-refractivity contribution < 1.29 is 0 Å². The summed E-state index contributed by atoms with van der Waals surface area (Å²) in [6.07, 6.45) is 0. The third-order valence-electron chi connectivity index (χ3n) is 10.8. The highest BCUT2D eigenvalue weighted by atomic mass is 15.2. The second-order valence-electron chi connectivity index (χ2n) is 14.3. The average Bonchev–Trinajstić information content (AvgIpc) is 3.65. The fourth-order valence-corrected chi connectivity index (χ4v) is 8.19. The predicted molar refractivity (Wildman–Crippen MR) is 222 cm³/mol. The lowest BCUT2D eigenvalue weighted by molar-refractivity contribution is 0.661. The summed E-state index contributed by atoms with van der Waals surface area (Å²) >= 11 is 0. The van der Waals surface area contributed by atoms with Gasteiger partial charge in [0.1, 0.15) is 0 Å². The maximum atomic E-state index is 5.41. The smallest absolute Gasteiger partial charge is 0.235 e. The molecule has 3 heteroatoms. The van der Waals surface area contributed by atoms with Gasteiger partial charge in [-0.25, -0.2) is 9.97 Å². The van der Waals surface area contributed by atoms with Gasteiger partial charge in [0.05, 0.1) is 22.4 Å². The summed E-state index contributed by atoms with van der Waals surface area (Å²) in [6.45, 7) is 4.68. The monoisotopic (exact) mass is 681 g/mol. The van der Waals surface area contributed by atoms with Crippen LogP contribution in [-0.4, -0.2) is 14.5 Å². The van der Waals surface area contributed by atoms with E-state index in [9.17, 15) is 0 Å². The molecule has 2 heterocycles. The van der Waals surface area contributed by atoms with Gasteiger partial charge in [0.15, 0.2) is 0 Å². The number of fused-ring (bicyclic) bond motifs is 6. The molecule has 9 aromatic rings. The molecule has 1 aliphatic carbocycles. The molecule has 0 atom stereocenters. The number of nitrogens with zero attached hydrogens (tertiary/aromatic N) is 3. The van der Waals surface area contributed by atoms with E-state index < -0.39 is 0 Å². The lowest BCUT2D eigenvalue weighted by Crippen LogP contribution is -2.15. The van der Waals surface area contributed by atoms with Crippen molar-refractivity contribution >= 4 is 21.8 Å². The van der Waals surface area contributed by atoms with Gasteiger partial charge in [-0.15, -0.1) is 0 Å². The van der Waals surface area contributed by atoms with Crippen LogP contribution in [0.2, 0.25) is 0 Å². The summed E-state index contributed by atoms with van der Waals surface area (Å²) in [4.78, 5) is 10.8. The Balaban J connectivity index is 0.00000372. The van der Waals surface area contributed by atoms with Gasteiger partial charge in [-0.1, -0.05) is 161 Å². The quantitative estimate of drug-likeness (QED) is 0.181. The molecule has 0 bridgehead atoms. The molecule has 0 aliphatic heterocycles. The largest absolute Gasteiger partial charge is 0.278 e. The van der Waals surface area contributed by atoms with Gasteiger partial charge in [-0.2, -0.15) is 0 Å². The van der Waals surface area contributed by atoms with Crippen LogP contribution in [0.4, 0.5) is 0 Å². The van der Waals surface area contributed by atoms with Gasteiger partial charge in [0.2, 0.25) is 5.95 Å². The molecule has 0 saturated carbocycles. The summed E-state index contributed by atoms with van der Waals surface area (Å²) < 4.78 is 2.28. The molecule has 0 unspecified atom stereocenters. The summed E-state index contributed by atoms with van der Waals surface area (Å²) in [5, 5.41) is 2.39. The Kier molecular flexibility index (Phi) is 7.67. The van der Waals surface area contributed by atoms with Gasteiger partial charge < -0.3 is 0 Å². The Morgan fingerprint density at radius 2 is 0.925 bits per heavy atom. The minimum Gasteiger partial charge on any atom is -0.278 e. The zero-order valence-electron chi connectivity index (χ0n) is 29.1. The fourth-order valence-electron chi connectivity index (χ4n) is 8.19. The first kappa shape index (κ1) is 32.3. The Labute approximate surface area is 310 Å². The molecule has 0 radical (unpaired) electrons. The topological polar surface area (TPSA) is 30.7 Å². The first-order valence-corrected chi connectivity index (χ1v) is 17.9. The summed E-state index contributed by atoms with van der Waals surface area (Å²) in [5.74, 6) is 0.655. The number of benzene rings is 7. The predicted octanol–water partition coefficient (Wildman–Crippen LogP) is 13.2. The van der Waals surface area contributed by atoms with Crippen molar-refractivity contribution in [1.29, 1.82) is 0 Å². The Morgan fingerprint density at radius 3 is 1.57 bits per heavy atom. The van der Waals surface area contributed by atoms with Crippen molar-refractivity contribution in [3.63, 3.8) is 0 Å². The van der Waals surface area contributed by atoms with Gasteiger partial charge in [-0.05, 0) is 80.9 Å². The zero-order valence-corrected chi connectivity index (χ0v) is 29.1. The summed E-state index contributed by atoms with van der Waals surface area (Å²) in [5.41, 5.74) is 15.9. The third kappa shape index (κ3) is 5.27. The standard InChI is InChI=1S/C49H35N3.CH4/c1-49(2)42-25-11-9-23-38(42)40-29-41-39-24-10-12-26-46(39)52(47(41)30-43(40)49)48-50-44(36-21-13-19-34(27-36)32-15-5-3-6-16-32)31-45(51-48)37-22-14-20-35(28-37)33-17-7-4-8-18-33;/h3-31H,1-2H3;1H4. The van der Waals surface area contributed by atoms with E-state index in [1.807, 2.05) is 0 Å². The van der Waals surface area contributed by atoms with E-state index in [0.717, 1.165) is 44.7 Å². The lowest BCUT2D eigenvalue weighted by Gasteiger charge is -2.21. The second kappa shape index (κ2) is 12.6. The molecule has 1 aliphatic rings. The molecule has 3 nitrogen and oxygen atoms in total. The molecule has 53 heavy (non-hydrogen) atoms. The van der Waals surface area contributed by atoms with Gasteiger partial charge in [0.25, 0.3) is 0 Å². The molecule has 254 valence electrons. The maximum Gasteiger partial charge on any atom is 0.235 e. The van der Waals surface area contributed by atoms with E-state index in [1.165, 1.54) is 44.2 Å². The van der Waals surface area contributed by atoms with Crippen LogP contribution in [-0.2, 0) is 5.41 Å². The minimum absolute atomic E-state index is 0. The van der Waals surface area contributed by atoms with E-state index in [0.29, 0.717) is 5.95 Å². The Bertz CT molecular complexity index is 2710. The zero-order chi connectivity index (χ0) is 34.8. The molecule has 2 aromatic heterocycles. The normalized spacial score (nSPS) is 12.7. The van der Waals surface area contributed by atoms with E-state index >= 15 is 0 Å². The molecular formula is C50H39N3. The molecule has 0 N–H and O–H groups in total. The first-order valence-electron chi connectivity index (χ1n) is 17.9. The van der Waals surface area contributed by atoms with Crippen molar-refractivity contribution in [1.82, 2.24) is 14.5 Å². The highest BCUT2D eigenvalue weighted by Crippen LogP contribution is 2.51. The van der Waals surface area contributed by atoms with Crippen LogP contribution in [0.3, 0.4) is 0 Å². The number of hydrogen-bond acceptors (Lipinski definition) is 2. The highest BCUT2D eigenvalue weighted by Gasteiger charge is 2.36. The SMILES string of the molecule is C.CC1(C)c2ccccc2-c2cc3c4ccccc4n(-c4nc(-c5cccc(-c6ccccc6)c5)cc(-c5cccc(-c6ccccc6)c5)n4)c3cc21. The van der Waals surface area contributed by atoms with Gasteiger partial charge in [-0.3, -0.25) is 4.57 Å². The van der Waals surface area contributed by atoms with E-state index in [1.54, 1.807) is 0 Å². The lowest BCUT2D eigenvalue weighted by atomic mass is 9.82. The van der Waals surface area contributed by atoms with Crippen LogP contribution in [0.25, 0.3) is 83.6 Å². The fraction of sp³-hybridized carbons (Fsp3) is 0.0800.